The quantitative estimate of drug-likeness (QED) is 0.389. The molecule has 4 N–H and O–H groups in total. The summed E-state index contributed by atoms with van der Waals surface area (Å²) in [5, 5.41) is 17.0. The molecular weight excluding hydrogens is 171 g/mol. The molecule has 0 aliphatic rings. The van der Waals surface area contributed by atoms with Crippen LogP contribution in [-0.2, 0) is 4.79 Å². The van der Waals surface area contributed by atoms with E-state index in [1.165, 1.54) is 0 Å². The van der Waals surface area contributed by atoms with Crippen molar-refractivity contribution < 1.29 is 15.0 Å². The SMILES string of the molecule is NC(=O)CN(CCO)CCO.[NaH]. The van der Waals surface area contributed by atoms with Crippen LogP contribution in [0.3, 0.4) is 0 Å². The van der Waals surface area contributed by atoms with Gasteiger partial charge in [0.2, 0.25) is 5.91 Å². The first-order chi connectivity index (χ1) is 5.20. The van der Waals surface area contributed by atoms with Gasteiger partial charge in [-0.2, -0.15) is 0 Å². The minimum atomic E-state index is -0.452. The number of aliphatic hydroxyl groups is 2. The molecule has 0 atom stereocenters. The van der Waals surface area contributed by atoms with Crippen LogP contribution >= 0.6 is 0 Å². The summed E-state index contributed by atoms with van der Waals surface area (Å²) in [5.74, 6) is -0.452. The zero-order chi connectivity index (χ0) is 8.69. The topological polar surface area (TPSA) is 86.8 Å². The van der Waals surface area contributed by atoms with E-state index in [2.05, 4.69) is 0 Å². The van der Waals surface area contributed by atoms with Crippen LogP contribution in [0.1, 0.15) is 0 Å². The fourth-order valence-corrected chi connectivity index (χ4v) is 0.773. The molecule has 0 spiro atoms. The summed E-state index contributed by atoms with van der Waals surface area (Å²) in [4.78, 5) is 12.0. The van der Waals surface area contributed by atoms with E-state index >= 15 is 0 Å². The number of hydrogen-bond acceptors (Lipinski definition) is 4. The number of amides is 1. The van der Waals surface area contributed by atoms with Crippen molar-refractivity contribution in [3.8, 4) is 0 Å². The molecule has 68 valence electrons. The van der Waals surface area contributed by atoms with Crippen molar-refractivity contribution in [1.82, 2.24) is 4.90 Å². The monoisotopic (exact) mass is 186 g/mol. The Labute approximate surface area is 93.8 Å². The van der Waals surface area contributed by atoms with Gasteiger partial charge in [-0.25, -0.2) is 0 Å². The molecule has 0 aliphatic heterocycles. The summed E-state index contributed by atoms with van der Waals surface area (Å²) in [6.45, 7) is 0.745. The second-order valence-corrected chi connectivity index (χ2v) is 2.19. The molecule has 0 aromatic carbocycles. The number of primary amides is 1. The third-order valence-electron chi connectivity index (χ3n) is 1.21. The Hall–Kier alpha value is 0.350. The molecule has 0 aliphatic carbocycles. The van der Waals surface area contributed by atoms with E-state index < -0.39 is 5.91 Å². The Balaban J connectivity index is 0. The van der Waals surface area contributed by atoms with Gasteiger partial charge in [-0.1, -0.05) is 0 Å². The van der Waals surface area contributed by atoms with Crippen LogP contribution in [0.5, 0.6) is 0 Å². The fraction of sp³-hybridized carbons (Fsp3) is 0.833. The van der Waals surface area contributed by atoms with Gasteiger partial charge in [0, 0.05) is 13.1 Å². The Kier molecular flexibility index (Phi) is 11.7. The Bertz CT molecular complexity index is 117. The molecule has 0 unspecified atom stereocenters. The van der Waals surface area contributed by atoms with Crippen molar-refractivity contribution in [3.63, 3.8) is 0 Å². The average Bonchev–Trinajstić information content (AvgIpc) is 1.87. The summed E-state index contributed by atoms with van der Waals surface area (Å²) in [6.07, 6.45) is 0. The number of aliphatic hydroxyl groups excluding tert-OH is 2. The fourth-order valence-electron chi connectivity index (χ4n) is 0.773. The summed E-state index contributed by atoms with van der Waals surface area (Å²) < 4.78 is 0. The number of hydrogen-bond donors (Lipinski definition) is 3. The molecule has 0 fully saturated rings. The van der Waals surface area contributed by atoms with Crippen LogP contribution in [0.2, 0.25) is 0 Å². The van der Waals surface area contributed by atoms with Gasteiger partial charge in [0.15, 0.2) is 0 Å². The van der Waals surface area contributed by atoms with Crippen molar-refractivity contribution in [2.75, 3.05) is 32.8 Å². The van der Waals surface area contributed by atoms with E-state index in [0.717, 1.165) is 0 Å². The number of nitrogens with zero attached hydrogens (tertiary/aromatic N) is 1. The Morgan fingerprint density at radius 2 is 1.67 bits per heavy atom. The molecule has 0 bridgehead atoms. The number of carbonyl (C=O) groups excluding carboxylic acids is 1. The molecule has 0 radical (unpaired) electrons. The van der Waals surface area contributed by atoms with Gasteiger partial charge in [0.1, 0.15) is 0 Å². The normalized spacial score (nSPS) is 9.58. The second-order valence-electron chi connectivity index (χ2n) is 2.19. The molecule has 6 heteroatoms. The molecular formula is C6H15N2NaO3. The molecule has 0 saturated carbocycles. The van der Waals surface area contributed by atoms with Crippen LogP contribution in [0.15, 0.2) is 0 Å². The molecule has 12 heavy (non-hydrogen) atoms. The molecule has 5 nitrogen and oxygen atoms in total. The molecule has 0 aromatic rings. The van der Waals surface area contributed by atoms with E-state index in [1.54, 1.807) is 4.90 Å². The third kappa shape index (κ3) is 8.45. The van der Waals surface area contributed by atoms with Gasteiger partial charge in [-0.05, 0) is 0 Å². The Morgan fingerprint density at radius 1 is 1.25 bits per heavy atom. The van der Waals surface area contributed by atoms with Crippen LogP contribution in [0.4, 0.5) is 0 Å². The summed E-state index contributed by atoms with van der Waals surface area (Å²) in [6, 6.07) is 0. The predicted octanol–water partition coefficient (Wildman–Crippen LogP) is -2.89. The number of carbonyl (C=O) groups is 1. The van der Waals surface area contributed by atoms with Gasteiger partial charge in [0.05, 0.1) is 19.8 Å². The number of rotatable bonds is 6. The van der Waals surface area contributed by atoms with Crippen molar-refractivity contribution >= 4 is 35.5 Å². The second kappa shape index (κ2) is 9.44. The third-order valence-corrected chi connectivity index (χ3v) is 1.21. The van der Waals surface area contributed by atoms with Gasteiger partial charge in [-0.15, -0.1) is 0 Å². The summed E-state index contributed by atoms with van der Waals surface area (Å²) in [7, 11) is 0. The van der Waals surface area contributed by atoms with Crippen molar-refractivity contribution in [2.24, 2.45) is 5.73 Å². The maximum atomic E-state index is 10.4. The van der Waals surface area contributed by atoms with Crippen molar-refractivity contribution in [3.05, 3.63) is 0 Å². The van der Waals surface area contributed by atoms with Crippen LogP contribution in [-0.4, -0.2) is 83.4 Å². The van der Waals surface area contributed by atoms with Crippen molar-refractivity contribution in [2.45, 2.75) is 0 Å². The molecule has 0 rings (SSSR count). The van der Waals surface area contributed by atoms with E-state index in [-0.39, 0.29) is 49.3 Å². The van der Waals surface area contributed by atoms with Gasteiger partial charge < -0.3 is 15.9 Å². The zero-order valence-electron chi connectivity index (χ0n) is 6.36. The summed E-state index contributed by atoms with van der Waals surface area (Å²) >= 11 is 0. The minimum absolute atomic E-state index is 0. The van der Waals surface area contributed by atoms with Crippen LogP contribution < -0.4 is 5.73 Å². The predicted molar refractivity (Wildman–Crippen MR) is 47.0 cm³/mol. The molecule has 0 heterocycles. The van der Waals surface area contributed by atoms with E-state index in [9.17, 15) is 4.79 Å². The van der Waals surface area contributed by atoms with E-state index in [4.69, 9.17) is 15.9 Å². The Morgan fingerprint density at radius 3 is 1.92 bits per heavy atom. The van der Waals surface area contributed by atoms with Gasteiger partial charge in [0.25, 0.3) is 0 Å². The van der Waals surface area contributed by atoms with Crippen LogP contribution in [0, 0.1) is 0 Å². The first kappa shape index (κ1) is 14.9. The van der Waals surface area contributed by atoms with E-state index in [0.29, 0.717) is 13.1 Å². The van der Waals surface area contributed by atoms with Crippen LogP contribution in [0.25, 0.3) is 0 Å². The van der Waals surface area contributed by atoms with Crippen molar-refractivity contribution in [1.29, 1.82) is 0 Å². The van der Waals surface area contributed by atoms with Gasteiger partial charge >= 0.3 is 29.6 Å². The first-order valence-corrected chi connectivity index (χ1v) is 3.43. The molecule has 0 saturated heterocycles. The molecule has 1 amide bonds. The zero-order valence-corrected chi connectivity index (χ0v) is 6.36. The van der Waals surface area contributed by atoms with E-state index in [1.807, 2.05) is 0 Å². The number of nitrogens with two attached hydrogens (primary N) is 1. The maximum absolute atomic E-state index is 10.4. The van der Waals surface area contributed by atoms with Gasteiger partial charge in [-0.3, -0.25) is 9.69 Å². The average molecular weight is 186 g/mol. The molecule has 0 aromatic heterocycles. The first-order valence-electron chi connectivity index (χ1n) is 3.43. The summed E-state index contributed by atoms with van der Waals surface area (Å²) in [5.41, 5.74) is 4.91. The standard InChI is InChI=1S/C6H14N2O3.Na.H/c7-6(11)5-8(1-3-9)2-4-10;;/h9-10H,1-5H2,(H2,7,11);;.